The number of aryl methyl sites for hydroxylation is 1. The van der Waals surface area contributed by atoms with Crippen LogP contribution >= 0.6 is 7.60 Å². The first-order valence-electron chi connectivity index (χ1n) is 8.25. The number of nitrogens with two attached hydrogens (primary N) is 1. The highest BCUT2D eigenvalue weighted by Crippen LogP contribution is 2.53. The fraction of sp³-hybridized carbons (Fsp3) is 0.312. The van der Waals surface area contributed by atoms with Gasteiger partial charge in [-0.3, -0.25) is 14.3 Å². The third-order valence-electron chi connectivity index (χ3n) is 4.09. The third kappa shape index (κ3) is 3.59. The Labute approximate surface area is 153 Å². The number of fused-ring (bicyclic) bond motifs is 2. The van der Waals surface area contributed by atoms with Crippen LogP contribution in [0.5, 0.6) is 5.75 Å². The van der Waals surface area contributed by atoms with Crippen molar-refractivity contribution >= 4 is 24.7 Å². The molecule has 1 atom stereocenters. The Morgan fingerprint density at radius 3 is 3.15 bits per heavy atom. The Morgan fingerprint density at radius 2 is 2.30 bits per heavy atom. The second kappa shape index (κ2) is 6.80. The van der Waals surface area contributed by atoms with E-state index in [4.69, 9.17) is 19.5 Å². The summed E-state index contributed by atoms with van der Waals surface area (Å²) in [5.74, 6) is 0.566. The number of aromatic nitrogens is 4. The van der Waals surface area contributed by atoms with Gasteiger partial charge in [0.05, 0.1) is 19.5 Å². The number of rotatable bonds is 5. The molecule has 0 spiro atoms. The second-order valence-electron chi connectivity index (χ2n) is 6.19. The van der Waals surface area contributed by atoms with Gasteiger partial charge in [0.15, 0.2) is 17.5 Å². The Balaban J connectivity index is 1.37. The molecule has 0 saturated heterocycles. The van der Waals surface area contributed by atoms with E-state index in [-0.39, 0.29) is 31.0 Å². The monoisotopic (exact) mass is 391 g/mol. The van der Waals surface area contributed by atoms with Crippen molar-refractivity contribution in [1.29, 1.82) is 0 Å². The van der Waals surface area contributed by atoms with Crippen LogP contribution in [0.3, 0.4) is 0 Å². The van der Waals surface area contributed by atoms with Crippen LogP contribution in [-0.4, -0.2) is 32.5 Å². The number of aromatic amines is 1. The fourth-order valence-electron chi connectivity index (χ4n) is 2.79. The van der Waals surface area contributed by atoms with E-state index in [1.807, 2.05) is 19.1 Å². The summed E-state index contributed by atoms with van der Waals surface area (Å²) in [6, 6.07) is 5.61. The van der Waals surface area contributed by atoms with Crippen molar-refractivity contribution in [3.8, 4) is 5.75 Å². The van der Waals surface area contributed by atoms with Crippen molar-refractivity contribution < 1.29 is 18.3 Å². The first kappa shape index (κ1) is 17.7. The minimum atomic E-state index is -3.37. The predicted octanol–water partition coefficient (Wildman–Crippen LogP) is 1.79. The molecule has 3 N–H and O–H groups in total. The summed E-state index contributed by atoms with van der Waals surface area (Å²) in [5.41, 5.74) is 7.66. The quantitative estimate of drug-likeness (QED) is 0.496. The lowest BCUT2D eigenvalue weighted by molar-refractivity contribution is 0.132. The van der Waals surface area contributed by atoms with Crippen LogP contribution in [0.4, 0.5) is 5.95 Å². The number of imidazole rings is 1. The standard InChI is InChI=1S/C16H18N5O5P/c1-10-2-3-12-11(6-10)7-25-27(23,26-12)9-24-5-4-21-8-18-13-14(21)19-16(17)20-15(13)22/h2-3,6,8H,4-5,7,9H2,1H3,(H3,17,19,20,22). The maximum atomic E-state index is 12.7. The lowest BCUT2D eigenvalue weighted by Gasteiger charge is -2.25. The van der Waals surface area contributed by atoms with Crippen molar-refractivity contribution in [3.63, 3.8) is 0 Å². The summed E-state index contributed by atoms with van der Waals surface area (Å²) < 4.78 is 30.7. The molecule has 2 aromatic heterocycles. The molecular weight excluding hydrogens is 373 g/mol. The van der Waals surface area contributed by atoms with Crippen molar-refractivity contribution in [2.24, 2.45) is 0 Å². The summed E-state index contributed by atoms with van der Waals surface area (Å²) in [6.07, 6.45) is 1.30. The van der Waals surface area contributed by atoms with E-state index in [0.29, 0.717) is 17.9 Å². The van der Waals surface area contributed by atoms with E-state index >= 15 is 0 Å². The summed E-state index contributed by atoms with van der Waals surface area (Å²) in [5, 5.41) is 0. The first-order chi connectivity index (χ1) is 12.9. The number of ether oxygens (including phenoxy) is 1. The summed E-state index contributed by atoms with van der Waals surface area (Å²) in [4.78, 5) is 22.2. The van der Waals surface area contributed by atoms with Crippen molar-refractivity contribution in [3.05, 3.63) is 46.0 Å². The zero-order valence-electron chi connectivity index (χ0n) is 14.5. The van der Waals surface area contributed by atoms with Gasteiger partial charge in [0.1, 0.15) is 5.75 Å². The van der Waals surface area contributed by atoms with Crippen LogP contribution in [0, 0.1) is 6.92 Å². The van der Waals surface area contributed by atoms with E-state index < -0.39 is 13.2 Å². The zero-order chi connectivity index (χ0) is 19.0. The van der Waals surface area contributed by atoms with Crippen LogP contribution in [0.25, 0.3) is 11.2 Å². The number of nitrogens with one attached hydrogen (secondary N) is 1. The number of benzene rings is 1. The molecular formula is C16H18N5O5P. The van der Waals surface area contributed by atoms with Gasteiger partial charge in [-0.1, -0.05) is 17.7 Å². The molecule has 0 radical (unpaired) electrons. The van der Waals surface area contributed by atoms with Gasteiger partial charge in [0.2, 0.25) is 5.95 Å². The highest BCUT2D eigenvalue weighted by atomic mass is 31.2. The number of H-pyrrole nitrogens is 1. The molecule has 142 valence electrons. The number of nitrogens with zero attached hydrogens (tertiary/aromatic N) is 3. The smallest absolute Gasteiger partial charge is 0.405 e. The zero-order valence-corrected chi connectivity index (χ0v) is 15.4. The van der Waals surface area contributed by atoms with E-state index in [2.05, 4.69) is 15.0 Å². The molecule has 1 aliphatic heterocycles. The van der Waals surface area contributed by atoms with E-state index in [1.165, 1.54) is 6.33 Å². The fourth-order valence-corrected chi connectivity index (χ4v) is 4.14. The second-order valence-corrected chi connectivity index (χ2v) is 8.11. The highest BCUT2D eigenvalue weighted by Gasteiger charge is 2.32. The minimum Gasteiger partial charge on any atom is -0.422 e. The Kier molecular flexibility index (Phi) is 4.47. The average molecular weight is 391 g/mol. The molecule has 3 aromatic rings. The summed E-state index contributed by atoms with van der Waals surface area (Å²) >= 11 is 0. The Bertz CT molecular complexity index is 1110. The van der Waals surface area contributed by atoms with E-state index in [9.17, 15) is 9.36 Å². The molecule has 3 heterocycles. The topological polar surface area (TPSA) is 134 Å². The van der Waals surface area contributed by atoms with Crippen LogP contribution < -0.4 is 15.8 Å². The lowest BCUT2D eigenvalue weighted by atomic mass is 10.1. The van der Waals surface area contributed by atoms with Gasteiger partial charge in [0, 0.05) is 12.1 Å². The molecule has 11 heteroatoms. The molecule has 1 aromatic carbocycles. The molecule has 0 bridgehead atoms. The van der Waals surface area contributed by atoms with Crippen molar-refractivity contribution in [2.75, 3.05) is 18.7 Å². The Morgan fingerprint density at radius 1 is 1.44 bits per heavy atom. The van der Waals surface area contributed by atoms with Gasteiger partial charge >= 0.3 is 7.60 Å². The molecule has 0 fully saturated rings. The SMILES string of the molecule is Cc1ccc2c(c1)COP(=O)(COCCn1cnc3c(=O)[nH]c(N)nc31)O2. The van der Waals surface area contributed by atoms with E-state index in [1.54, 1.807) is 10.6 Å². The lowest BCUT2D eigenvalue weighted by Crippen LogP contribution is -2.15. The third-order valence-corrected chi connectivity index (χ3v) is 5.59. The van der Waals surface area contributed by atoms with Crippen LogP contribution in [0.15, 0.2) is 29.3 Å². The predicted molar refractivity (Wildman–Crippen MR) is 97.6 cm³/mol. The molecule has 4 rings (SSSR count). The van der Waals surface area contributed by atoms with Crippen molar-refractivity contribution in [2.45, 2.75) is 20.1 Å². The van der Waals surface area contributed by atoms with Gasteiger partial charge in [-0.2, -0.15) is 4.98 Å². The maximum Gasteiger partial charge on any atom is 0.405 e. The largest absolute Gasteiger partial charge is 0.422 e. The minimum absolute atomic E-state index is 0.0116. The number of hydrogen-bond acceptors (Lipinski definition) is 8. The number of anilines is 1. The summed E-state index contributed by atoms with van der Waals surface area (Å²) in [6.45, 7) is 2.74. The first-order valence-corrected chi connectivity index (χ1v) is 9.97. The van der Waals surface area contributed by atoms with Gasteiger partial charge < -0.3 is 19.6 Å². The normalized spacial score (nSPS) is 19.0. The molecule has 1 unspecified atom stereocenters. The van der Waals surface area contributed by atoms with Crippen molar-refractivity contribution in [1.82, 2.24) is 19.5 Å². The van der Waals surface area contributed by atoms with Gasteiger partial charge in [-0.25, -0.2) is 9.55 Å². The van der Waals surface area contributed by atoms with Crippen LogP contribution in [-0.2, 0) is 27.0 Å². The number of hydrogen-bond donors (Lipinski definition) is 2. The molecule has 0 amide bonds. The molecule has 10 nitrogen and oxygen atoms in total. The summed E-state index contributed by atoms with van der Waals surface area (Å²) in [7, 11) is -3.37. The highest BCUT2D eigenvalue weighted by molar-refractivity contribution is 7.54. The van der Waals surface area contributed by atoms with Gasteiger partial charge in [-0.15, -0.1) is 0 Å². The molecule has 0 aliphatic carbocycles. The van der Waals surface area contributed by atoms with Gasteiger partial charge in [0.25, 0.3) is 5.56 Å². The number of nitrogen functional groups attached to an aromatic ring is 1. The Hall–Kier alpha value is -2.68. The molecule has 1 aliphatic rings. The van der Waals surface area contributed by atoms with Crippen LogP contribution in [0.1, 0.15) is 11.1 Å². The molecule has 27 heavy (non-hydrogen) atoms. The average Bonchev–Trinajstić information content (AvgIpc) is 3.02. The van der Waals surface area contributed by atoms with Crippen LogP contribution in [0.2, 0.25) is 0 Å². The van der Waals surface area contributed by atoms with E-state index in [0.717, 1.165) is 11.1 Å². The van der Waals surface area contributed by atoms with Gasteiger partial charge in [-0.05, 0) is 13.0 Å². The maximum absolute atomic E-state index is 12.7. The molecule has 0 saturated carbocycles.